The number of halogens is 1. The van der Waals surface area contributed by atoms with E-state index in [1.165, 1.54) is 23.1 Å². The van der Waals surface area contributed by atoms with Gasteiger partial charge in [0.15, 0.2) is 11.0 Å². The third-order valence-electron chi connectivity index (χ3n) is 4.06. The first-order chi connectivity index (χ1) is 14.4. The molecule has 1 aromatic carbocycles. The lowest BCUT2D eigenvalue weighted by Gasteiger charge is -2.13. The van der Waals surface area contributed by atoms with E-state index < -0.39 is 0 Å². The van der Waals surface area contributed by atoms with Gasteiger partial charge in [-0.2, -0.15) is 0 Å². The van der Waals surface area contributed by atoms with Crippen molar-refractivity contribution >= 4 is 51.6 Å². The molecule has 0 bridgehead atoms. The fourth-order valence-corrected chi connectivity index (χ4v) is 4.05. The first-order valence-electron chi connectivity index (χ1n) is 9.08. The molecule has 1 unspecified atom stereocenters. The smallest absolute Gasteiger partial charge is 0.251 e. The number of carbonyl (C=O) groups excluding carboxylic acids is 2. The molecule has 0 spiro atoms. The van der Waals surface area contributed by atoms with Crippen molar-refractivity contribution in [2.75, 3.05) is 11.1 Å². The third kappa shape index (κ3) is 5.55. The molecular formula is C18H20ClN7O2S2. The highest BCUT2D eigenvalue weighted by Gasteiger charge is 2.19. The van der Waals surface area contributed by atoms with Gasteiger partial charge in [0.25, 0.3) is 5.91 Å². The SMILES string of the molecule is CCc1nnc(NC(=O)CSc2nnc(C(C)NC(=O)c3ccc(Cl)cc3)n2C)s1. The van der Waals surface area contributed by atoms with Crippen molar-refractivity contribution in [1.29, 1.82) is 0 Å². The van der Waals surface area contributed by atoms with Gasteiger partial charge in [0.05, 0.1) is 11.8 Å². The predicted molar refractivity (Wildman–Crippen MR) is 117 cm³/mol. The number of aromatic nitrogens is 5. The Bertz CT molecular complexity index is 1040. The van der Waals surface area contributed by atoms with Gasteiger partial charge < -0.3 is 9.88 Å². The number of anilines is 1. The molecule has 0 saturated heterocycles. The number of aryl methyl sites for hydroxylation is 1. The molecule has 2 amide bonds. The lowest BCUT2D eigenvalue weighted by molar-refractivity contribution is -0.113. The standard InChI is InChI=1S/C18H20ClN7O2S2/c1-4-14-22-24-17(30-14)21-13(27)9-29-18-25-23-15(26(18)3)10(2)20-16(28)11-5-7-12(19)8-6-11/h5-8,10H,4,9H2,1-3H3,(H,20,28)(H,21,24,27). The van der Waals surface area contributed by atoms with Gasteiger partial charge in [0, 0.05) is 17.6 Å². The number of rotatable bonds is 8. The molecule has 3 rings (SSSR count). The summed E-state index contributed by atoms with van der Waals surface area (Å²) in [6.45, 7) is 3.80. The highest BCUT2D eigenvalue weighted by atomic mass is 35.5. The number of amides is 2. The minimum Gasteiger partial charge on any atom is -0.342 e. The minimum atomic E-state index is -0.372. The van der Waals surface area contributed by atoms with Gasteiger partial charge >= 0.3 is 0 Å². The number of hydrogen-bond acceptors (Lipinski definition) is 8. The molecule has 0 fully saturated rings. The molecule has 2 heterocycles. The topological polar surface area (TPSA) is 115 Å². The summed E-state index contributed by atoms with van der Waals surface area (Å²) in [5.74, 6) is 0.294. The van der Waals surface area contributed by atoms with E-state index in [9.17, 15) is 9.59 Å². The molecule has 30 heavy (non-hydrogen) atoms. The van der Waals surface area contributed by atoms with Crippen molar-refractivity contribution in [2.24, 2.45) is 7.05 Å². The van der Waals surface area contributed by atoms with Crippen LogP contribution in [0.5, 0.6) is 0 Å². The summed E-state index contributed by atoms with van der Waals surface area (Å²) in [7, 11) is 1.79. The molecule has 3 aromatic rings. The van der Waals surface area contributed by atoms with Crippen molar-refractivity contribution in [3.05, 3.63) is 45.7 Å². The van der Waals surface area contributed by atoms with Crippen molar-refractivity contribution in [2.45, 2.75) is 31.5 Å². The Hall–Kier alpha value is -2.50. The minimum absolute atomic E-state index is 0.151. The summed E-state index contributed by atoms with van der Waals surface area (Å²) in [4.78, 5) is 24.5. The zero-order chi connectivity index (χ0) is 21.7. The van der Waals surface area contributed by atoms with Gasteiger partial charge in [0.1, 0.15) is 5.01 Å². The number of thioether (sulfide) groups is 1. The molecule has 9 nitrogen and oxygen atoms in total. The van der Waals surface area contributed by atoms with E-state index >= 15 is 0 Å². The van der Waals surface area contributed by atoms with E-state index in [4.69, 9.17) is 11.6 Å². The quantitative estimate of drug-likeness (QED) is 0.491. The first kappa shape index (κ1) is 22.2. The van der Waals surface area contributed by atoms with Crippen LogP contribution in [0.2, 0.25) is 5.02 Å². The molecule has 12 heteroatoms. The molecular weight excluding hydrogens is 446 g/mol. The molecule has 2 N–H and O–H groups in total. The fraction of sp³-hybridized carbons (Fsp3) is 0.333. The number of nitrogens with zero attached hydrogens (tertiary/aromatic N) is 5. The van der Waals surface area contributed by atoms with Crippen molar-refractivity contribution in [3.8, 4) is 0 Å². The monoisotopic (exact) mass is 465 g/mol. The molecule has 0 aliphatic rings. The highest BCUT2D eigenvalue weighted by molar-refractivity contribution is 7.99. The first-order valence-corrected chi connectivity index (χ1v) is 11.3. The van der Waals surface area contributed by atoms with Crippen molar-refractivity contribution in [3.63, 3.8) is 0 Å². The average molecular weight is 466 g/mol. The van der Waals surface area contributed by atoms with E-state index in [-0.39, 0.29) is 23.6 Å². The summed E-state index contributed by atoms with van der Waals surface area (Å²) in [5, 5.41) is 24.3. The van der Waals surface area contributed by atoms with E-state index in [1.807, 2.05) is 13.8 Å². The predicted octanol–water partition coefficient (Wildman–Crippen LogP) is 3.10. The Morgan fingerprint density at radius 1 is 1.20 bits per heavy atom. The van der Waals surface area contributed by atoms with Gasteiger partial charge in [0.2, 0.25) is 11.0 Å². The molecule has 0 radical (unpaired) electrons. The molecule has 0 aliphatic carbocycles. The lowest BCUT2D eigenvalue weighted by Crippen LogP contribution is -2.28. The van der Waals surface area contributed by atoms with E-state index in [0.29, 0.717) is 26.7 Å². The van der Waals surface area contributed by atoms with Gasteiger partial charge in [-0.25, -0.2) is 0 Å². The maximum atomic E-state index is 12.4. The Labute approximate surface area is 186 Å². The molecule has 158 valence electrons. The van der Waals surface area contributed by atoms with Crippen LogP contribution >= 0.6 is 34.7 Å². The van der Waals surface area contributed by atoms with Gasteiger partial charge in [-0.15, -0.1) is 20.4 Å². The second-order valence-electron chi connectivity index (χ2n) is 6.29. The van der Waals surface area contributed by atoms with Gasteiger partial charge in [-0.05, 0) is 37.6 Å². The molecule has 0 aliphatic heterocycles. The van der Waals surface area contributed by atoms with E-state index in [2.05, 4.69) is 31.0 Å². The Morgan fingerprint density at radius 2 is 1.93 bits per heavy atom. The van der Waals surface area contributed by atoms with E-state index in [0.717, 1.165) is 11.4 Å². The normalized spacial score (nSPS) is 11.9. The van der Waals surface area contributed by atoms with Gasteiger partial charge in [-0.3, -0.25) is 14.9 Å². The summed E-state index contributed by atoms with van der Waals surface area (Å²) < 4.78 is 1.75. The Morgan fingerprint density at radius 3 is 2.60 bits per heavy atom. The van der Waals surface area contributed by atoms with Crippen LogP contribution < -0.4 is 10.6 Å². The van der Waals surface area contributed by atoms with E-state index in [1.54, 1.807) is 35.9 Å². The number of hydrogen-bond donors (Lipinski definition) is 2. The summed E-state index contributed by atoms with van der Waals surface area (Å²) in [5.41, 5.74) is 0.502. The third-order valence-corrected chi connectivity index (χ3v) is 6.31. The summed E-state index contributed by atoms with van der Waals surface area (Å²) in [6.07, 6.45) is 0.775. The second kappa shape index (κ2) is 10.0. The van der Waals surface area contributed by atoms with Crippen LogP contribution in [0.1, 0.15) is 41.1 Å². The maximum absolute atomic E-state index is 12.4. The Kier molecular flexibility index (Phi) is 7.40. The van der Waals surface area contributed by atoms with Crippen molar-refractivity contribution in [1.82, 2.24) is 30.3 Å². The largest absolute Gasteiger partial charge is 0.342 e. The molecule has 0 saturated carbocycles. The average Bonchev–Trinajstić information content (AvgIpc) is 3.33. The van der Waals surface area contributed by atoms with Crippen LogP contribution in [0.15, 0.2) is 29.4 Å². The molecule has 2 aromatic heterocycles. The van der Waals surface area contributed by atoms with Gasteiger partial charge in [-0.1, -0.05) is 41.6 Å². The lowest BCUT2D eigenvalue weighted by atomic mass is 10.2. The number of benzene rings is 1. The van der Waals surface area contributed by atoms with Crippen LogP contribution in [0.3, 0.4) is 0 Å². The maximum Gasteiger partial charge on any atom is 0.251 e. The highest BCUT2D eigenvalue weighted by Crippen LogP contribution is 2.21. The fourth-order valence-electron chi connectivity index (χ4n) is 2.51. The van der Waals surface area contributed by atoms with Crippen LogP contribution in [0.25, 0.3) is 0 Å². The van der Waals surface area contributed by atoms with Crippen LogP contribution in [-0.2, 0) is 18.3 Å². The number of carbonyl (C=O) groups is 2. The number of nitrogens with one attached hydrogen (secondary N) is 2. The van der Waals surface area contributed by atoms with Crippen molar-refractivity contribution < 1.29 is 9.59 Å². The summed E-state index contributed by atoms with van der Waals surface area (Å²) >= 11 is 8.46. The molecule has 1 atom stereocenters. The van der Waals surface area contributed by atoms with Crippen LogP contribution in [-0.4, -0.2) is 42.5 Å². The van der Waals surface area contributed by atoms with Crippen LogP contribution in [0, 0.1) is 0 Å². The Balaban J connectivity index is 1.56. The van der Waals surface area contributed by atoms with Crippen LogP contribution in [0.4, 0.5) is 5.13 Å². The zero-order valence-electron chi connectivity index (χ0n) is 16.5. The summed E-state index contributed by atoms with van der Waals surface area (Å²) in [6, 6.07) is 6.26. The second-order valence-corrected chi connectivity index (χ2v) is 8.73. The zero-order valence-corrected chi connectivity index (χ0v) is 18.9.